The maximum absolute atomic E-state index is 14.6. The number of hydrogen-bond acceptors (Lipinski definition) is 8. The molecule has 2 aliphatic rings. The molecule has 1 fully saturated rings. The lowest BCUT2D eigenvalue weighted by Crippen LogP contribution is -2.48. The second-order valence-corrected chi connectivity index (χ2v) is 13.6. The zero-order chi connectivity index (χ0) is 30.4. The number of piperazine rings is 1. The molecule has 1 atom stereocenters. The molecule has 228 valence electrons. The van der Waals surface area contributed by atoms with Gasteiger partial charge in [-0.1, -0.05) is 48.5 Å². The molecule has 1 unspecified atom stereocenters. The summed E-state index contributed by atoms with van der Waals surface area (Å²) in [7, 11) is -3.78. The highest BCUT2D eigenvalue weighted by molar-refractivity contribution is 7.58. The zero-order valence-corrected chi connectivity index (χ0v) is 26.6. The molecular weight excluding hydrogens is 551 g/mol. The zero-order valence-electron chi connectivity index (χ0n) is 25.7. The number of nitro benzene ring substituents is 1. The Morgan fingerprint density at radius 3 is 2.12 bits per heavy atom. The number of hydrogen-bond donors (Lipinski definition) is 0. The van der Waals surface area contributed by atoms with Crippen molar-refractivity contribution < 1.29 is 18.5 Å². The topological polar surface area (TPSA) is 88.4 Å². The number of nitrogens with zero attached hydrogens (tertiary/aromatic N) is 4. The van der Waals surface area contributed by atoms with E-state index in [2.05, 4.69) is 45.0 Å². The quantitative estimate of drug-likeness (QED) is 0.147. The molecule has 0 N–H and O–H groups in total. The van der Waals surface area contributed by atoms with Gasteiger partial charge in [-0.25, -0.2) is 0 Å². The van der Waals surface area contributed by atoms with Crippen LogP contribution in [0.15, 0.2) is 77.4 Å². The predicted octanol–water partition coefficient (Wildman–Crippen LogP) is 6.99. The van der Waals surface area contributed by atoms with Gasteiger partial charge in [0.1, 0.15) is 0 Å². The van der Waals surface area contributed by atoms with Gasteiger partial charge in [-0.2, -0.15) is 0 Å². The van der Waals surface area contributed by atoms with Crippen molar-refractivity contribution in [3.63, 3.8) is 0 Å². The average molecular weight is 597 g/mol. The number of non-ortho nitro benzene ring substituents is 1. The van der Waals surface area contributed by atoms with E-state index in [4.69, 9.17) is 9.05 Å². The first-order valence-corrected chi connectivity index (χ1v) is 16.4. The van der Waals surface area contributed by atoms with Crippen molar-refractivity contribution in [1.82, 2.24) is 14.7 Å². The van der Waals surface area contributed by atoms with Crippen molar-refractivity contribution in [2.75, 3.05) is 39.3 Å². The van der Waals surface area contributed by atoms with E-state index in [-0.39, 0.29) is 17.9 Å². The van der Waals surface area contributed by atoms with Gasteiger partial charge in [-0.05, 0) is 52.7 Å². The Labute approximate surface area is 250 Å². The molecule has 2 aromatic rings. The first kappa shape index (κ1) is 32.1. The molecule has 0 radical (unpaired) electrons. The molecule has 2 aromatic carbocycles. The van der Waals surface area contributed by atoms with E-state index in [1.165, 1.54) is 11.6 Å². The van der Waals surface area contributed by atoms with Gasteiger partial charge in [-0.3, -0.25) is 24.5 Å². The molecule has 4 rings (SSSR count). The van der Waals surface area contributed by atoms with Crippen LogP contribution in [0.4, 0.5) is 5.69 Å². The van der Waals surface area contributed by atoms with Crippen molar-refractivity contribution in [3.05, 3.63) is 98.6 Å². The second-order valence-electron chi connectivity index (χ2n) is 11.7. The number of allylic oxidation sites excluding steroid dienone is 4. The van der Waals surface area contributed by atoms with E-state index in [0.717, 1.165) is 57.2 Å². The molecule has 2 heterocycles. The van der Waals surface area contributed by atoms with Gasteiger partial charge in [0, 0.05) is 75.3 Å². The lowest BCUT2D eigenvalue weighted by molar-refractivity contribution is -0.384. The fourth-order valence-corrected chi connectivity index (χ4v) is 8.25. The van der Waals surface area contributed by atoms with Crippen LogP contribution in [-0.4, -0.2) is 71.1 Å². The molecule has 0 aliphatic carbocycles. The van der Waals surface area contributed by atoms with E-state index in [1.54, 1.807) is 12.1 Å². The van der Waals surface area contributed by atoms with Crippen LogP contribution >= 0.6 is 7.60 Å². The van der Waals surface area contributed by atoms with Crippen LogP contribution in [0.2, 0.25) is 0 Å². The standard InChI is InChI=1S/C32H45N4O5P/c1-24(2)40-42(39,41-25(3)4)32-27(6)35(26(5)21-31(32)29-13-10-14-30(22-29)36(37)38)20-19-33-15-17-34(18-16-33)23-28-11-8-7-9-12-28/h7-14,21-22,24-25,31H,15-20,23H2,1-6H3. The van der Waals surface area contributed by atoms with Crippen LogP contribution in [0.25, 0.3) is 0 Å². The first-order chi connectivity index (χ1) is 20.0. The highest BCUT2D eigenvalue weighted by Crippen LogP contribution is 2.65. The van der Waals surface area contributed by atoms with Crippen LogP contribution in [-0.2, 0) is 20.2 Å². The third-order valence-corrected chi connectivity index (χ3v) is 10.3. The largest absolute Gasteiger partial charge is 0.360 e. The van der Waals surface area contributed by atoms with Gasteiger partial charge in [0.2, 0.25) is 0 Å². The minimum atomic E-state index is -3.78. The van der Waals surface area contributed by atoms with Crippen molar-refractivity contribution >= 4 is 13.3 Å². The van der Waals surface area contributed by atoms with Crippen molar-refractivity contribution in [3.8, 4) is 0 Å². The SMILES string of the molecule is CC1=CC(c2cccc([N+](=O)[O-])c2)C(P(=O)(OC(C)C)OC(C)C)=C(C)N1CCN1CCN(Cc2ccccc2)CC1. The summed E-state index contributed by atoms with van der Waals surface area (Å²) in [6.45, 7) is 17.9. The average Bonchev–Trinajstić information content (AvgIpc) is 2.93. The lowest BCUT2D eigenvalue weighted by Gasteiger charge is -2.40. The summed E-state index contributed by atoms with van der Waals surface area (Å²) in [5.41, 5.74) is 3.85. The van der Waals surface area contributed by atoms with Crippen molar-refractivity contribution in [2.24, 2.45) is 0 Å². The summed E-state index contributed by atoms with van der Waals surface area (Å²) >= 11 is 0. The highest BCUT2D eigenvalue weighted by atomic mass is 31.2. The van der Waals surface area contributed by atoms with Crippen LogP contribution in [0.5, 0.6) is 0 Å². The fourth-order valence-electron chi connectivity index (χ4n) is 5.78. The highest BCUT2D eigenvalue weighted by Gasteiger charge is 2.42. The van der Waals surface area contributed by atoms with Crippen LogP contribution in [0, 0.1) is 10.1 Å². The Morgan fingerprint density at radius 1 is 0.905 bits per heavy atom. The smallest absolute Gasteiger partial charge is 0.348 e. The van der Waals surface area contributed by atoms with Gasteiger partial charge in [0.25, 0.3) is 5.69 Å². The number of rotatable bonds is 12. The molecule has 0 saturated carbocycles. The van der Waals surface area contributed by atoms with Gasteiger partial charge in [0.15, 0.2) is 0 Å². The Balaban J connectivity index is 1.58. The van der Waals surface area contributed by atoms with E-state index >= 15 is 0 Å². The van der Waals surface area contributed by atoms with Crippen LogP contribution in [0.1, 0.15) is 58.6 Å². The molecule has 0 aromatic heterocycles. The third-order valence-electron chi connectivity index (χ3n) is 7.69. The molecule has 42 heavy (non-hydrogen) atoms. The van der Waals surface area contributed by atoms with E-state index in [1.807, 2.05) is 53.7 Å². The Morgan fingerprint density at radius 2 is 1.52 bits per heavy atom. The fraction of sp³-hybridized carbons (Fsp3) is 0.500. The molecule has 0 bridgehead atoms. The van der Waals surface area contributed by atoms with Crippen molar-refractivity contribution in [2.45, 2.75) is 66.2 Å². The van der Waals surface area contributed by atoms with Gasteiger partial charge < -0.3 is 13.9 Å². The van der Waals surface area contributed by atoms with E-state index < -0.39 is 18.4 Å². The molecule has 9 nitrogen and oxygen atoms in total. The van der Waals surface area contributed by atoms with Gasteiger partial charge >= 0.3 is 7.60 Å². The second kappa shape index (κ2) is 14.1. The van der Waals surface area contributed by atoms with E-state index in [9.17, 15) is 14.7 Å². The van der Waals surface area contributed by atoms with E-state index in [0.29, 0.717) is 10.9 Å². The number of nitro groups is 1. The minimum absolute atomic E-state index is 0.00576. The van der Waals surface area contributed by atoms with Gasteiger partial charge in [-0.15, -0.1) is 0 Å². The molecular formula is C32H45N4O5P. The van der Waals surface area contributed by atoms with Gasteiger partial charge in [0.05, 0.1) is 22.4 Å². The Kier molecular flexibility index (Phi) is 10.8. The Bertz CT molecular complexity index is 1320. The lowest BCUT2D eigenvalue weighted by atomic mass is 9.93. The normalized spacial score (nSPS) is 19.1. The summed E-state index contributed by atoms with van der Waals surface area (Å²) in [4.78, 5) is 18.4. The maximum Gasteiger partial charge on any atom is 0.360 e. The summed E-state index contributed by atoms with van der Waals surface area (Å²) in [6.07, 6.45) is 1.36. The Hall–Kier alpha value is -2.81. The van der Waals surface area contributed by atoms with Crippen LogP contribution in [0.3, 0.4) is 0 Å². The monoisotopic (exact) mass is 596 g/mol. The number of benzene rings is 2. The van der Waals surface area contributed by atoms with Crippen molar-refractivity contribution in [1.29, 1.82) is 0 Å². The summed E-state index contributed by atoms with van der Waals surface area (Å²) in [5, 5.41) is 12.1. The molecule has 0 amide bonds. The first-order valence-electron chi connectivity index (χ1n) is 14.8. The van der Waals surface area contributed by atoms with Crippen LogP contribution < -0.4 is 0 Å². The molecule has 10 heteroatoms. The summed E-state index contributed by atoms with van der Waals surface area (Å²) in [5.74, 6) is -0.481. The summed E-state index contributed by atoms with van der Waals surface area (Å²) in [6, 6.07) is 17.1. The predicted molar refractivity (Wildman–Crippen MR) is 167 cm³/mol. The maximum atomic E-state index is 14.6. The molecule has 2 aliphatic heterocycles. The third kappa shape index (κ3) is 7.97. The molecule has 0 spiro atoms. The summed E-state index contributed by atoms with van der Waals surface area (Å²) < 4.78 is 26.8. The minimum Gasteiger partial charge on any atom is -0.348 e. The molecule has 1 saturated heterocycles.